The van der Waals surface area contributed by atoms with Crippen molar-refractivity contribution in [3.05, 3.63) is 83.8 Å². The molecule has 6 nitrogen and oxygen atoms in total. The van der Waals surface area contributed by atoms with E-state index in [1.807, 2.05) is 0 Å². The summed E-state index contributed by atoms with van der Waals surface area (Å²) >= 11 is 0. The zero-order chi connectivity index (χ0) is 24.7. The van der Waals surface area contributed by atoms with E-state index in [0.717, 1.165) is 3.97 Å². The fourth-order valence-electron chi connectivity index (χ4n) is 3.50. The molecular weight excluding hydrogens is 515 g/mol. The first-order valence-corrected chi connectivity index (χ1v) is 11.2. The number of aromatic nitrogens is 2. The molecule has 0 aliphatic heterocycles. The molecule has 0 fully saturated rings. The second-order valence-corrected chi connectivity index (χ2v) is 9.16. The lowest BCUT2D eigenvalue weighted by molar-refractivity contribution is -0.140. The summed E-state index contributed by atoms with van der Waals surface area (Å²) in [5.41, 5.74) is -1.23. The maximum Gasteiger partial charge on any atom is 0.419 e. The quantitative estimate of drug-likeness (QED) is 0.323. The lowest BCUT2D eigenvalue weighted by Gasteiger charge is -2.13. The molecule has 13 heteroatoms. The maximum atomic E-state index is 14.3. The molecule has 0 aliphatic carbocycles. The standard InChI is InChI=1S/C22H17F5N4O2S.ClH/c1-28-10-13-12-31(34(32,33)15-3-2-6-29-11-15)21-7-14(4-5-16(13)21)30-20-9-18(23)17(8-19(20)24)22(25,26)27;/h2-9,11-12,28,30H,10H2,1H3;1H. The lowest BCUT2D eigenvalue weighted by Crippen LogP contribution is -2.12. The van der Waals surface area contributed by atoms with Gasteiger partial charge in [-0.15, -0.1) is 12.4 Å². The van der Waals surface area contributed by atoms with Crippen LogP contribution in [0.4, 0.5) is 33.3 Å². The number of alkyl halides is 3. The number of anilines is 2. The van der Waals surface area contributed by atoms with Gasteiger partial charge in [-0.3, -0.25) is 4.98 Å². The highest BCUT2D eigenvalue weighted by molar-refractivity contribution is 7.90. The van der Waals surface area contributed by atoms with Crippen LogP contribution in [0.1, 0.15) is 11.1 Å². The van der Waals surface area contributed by atoms with E-state index in [-0.39, 0.29) is 34.6 Å². The number of rotatable bonds is 6. The molecule has 2 N–H and O–H groups in total. The number of hydrogen-bond acceptors (Lipinski definition) is 5. The van der Waals surface area contributed by atoms with Crippen molar-refractivity contribution in [1.82, 2.24) is 14.3 Å². The van der Waals surface area contributed by atoms with E-state index in [0.29, 0.717) is 23.6 Å². The van der Waals surface area contributed by atoms with Gasteiger partial charge in [0.05, 0.1) is 16.8 Å². The highest BCUT2D eigenvalue weighted by Gasteiger charge is 2.35. The van der Waals surface area contributed by atoms with Crippen molar-refractivity contribution in [3.8, 4) is 0 Å². The Balaban J connectivity index is 0.00000342. The molecule has 2 aromatic carbocycles. The normalized spacial score (nSPS) is 11.9. The van der Waals surface area contributed by atoms with Gasteiger partial charge >= 0.3 is 6.18 Å². The summed E-state index contributed by atoms with van der Waals surface area (Å²) in [5, 5.41) is 6.05. The van der Waals surface area contributed by atoms with Gasteiger partial charge in [0.15, 0.2) is 0 Å². The van der Waals surface area contributed by atoms with Crippen LogP contribution >= 0.6 is 12.4 Å². The summed E-state index contributed by atoms with van der Waals surface area (Å²) in [7, 11) is -2.36. The van der Waals surface area contributed by atoms with Crippen LogP contribution in [-0.2, 0) is 22.7 Å². The van der Waals surface area contributed by atoms with Crippen LogP contribution in [0.5, 0.6) is 0 Å². The molecule has 35 heavy (non-hydrogen) atoms. The predicted octanol–water partition coefficient (Wildman–Crippen LogP) is 5.46. The number of fused-ring (bicyclic) bond motifs is 1. The molecular formula is C22H18ClF5N4O2S. The van der Waals surface area contributed by atoms with Gasteiger partial charge in [0.2, 0.25) is 0 Å². The van der Waals surface area contributed by atoms with Crippen molar-refractivity contribution >= 4 is 44.7 Å². The van der Waals surface area contributed by atoms with E-state index in [2.05, 4.69) is 15.6 Å². The molecule has 2 heterocycles. The number of pyridine rings is 1. The van der Waals surface area contributed by atoms with Crippen LogP contribution in [0.3, 0.4) is 0 Å². The average molecular weight is 533 g/mol. The van der Waals surface area contributed by atoms with Gasteiger partial charge in [-0.1, -0.05) is 6.07 Å². The molecule has 0 bridgehead atoms. The van der Waals surface area contributed by atoms with Crippen molar-refractivity contribution in [2.45, 2.75) is 17.6 Å². The minimum absolute atomic E-state index is 0. The summed E-state index contributed by atoms with van der Waals surface area (Å²) in [6.45, 7) is 0.345. The molecule has 0 radical (unpaired) electrons. The van der Waals surface area contributed by atoms with Gasteiger partial charge in [0.1, 0.15) is 16.5 Å². The largest absolute Gasteiger partial charge is 0.419 e. The number of benzene rings is 2. The minimum Gasteiger partial charge on any atom is -0.353 e. The zero-order valence-corrected chi connectivity index (χ0v) is 19.5. The van der Waals surface area contributed by atoms with Crippen molar-refractivity contribution < 1.29 is 30.4 Å². The number of nitrogens with one attached hydrogen (secondary N) is 2. The molecule has 4 aromatic rings. The van der Waals surface area contributed by atoms with Gasteiger partial charge in [-0.2, -0.15) is 13.2 Å². The summed E-state index contributed by atoms with van der Waals surface area (Å²) in [6.07, 6.45) is -0.987. The Morgan fingerprint density at radius 2 is 1.80 bits per heavy atom. The molecule has 186 valence electrons. The van der Waals surface area contributed by atoms with E-state index in [1.54, 1.807) is 13.1 Å². The summed E-state index contributed by atoms with van der Waals surface area (Å²) < 4.78 is 94.2. The third kappa shape index (κ3) is 5.09. The highest BCUT2D eigenvalue weighted by atomic mass is 35.5. The third-order valence-electron chi connectivity index (χ3n) is 5.05. The minimum atomic E-state index is -5.05. The third-order valence-corrected chi connectivity index (χ3v) is 6.71. The Bertz CT molecular complexity index is 1470. The number of halogens is 6. The second kappa shape index (κ2) is 9.80. The topological polar surface area (TPSA) is 76.0 Å². The van der Waals surface area contributed by atoms with Crippen LogP contribution in [0.2, 0.25) is 0 Å². The van der Waals surface area contributed by atoms with Crippen molar-refractivity contribution in [2.24, 2.45) is 0 Å². The van der Waals surface area contributed by atoms with Crippen LogP contribution in [0.25, 0.3) is 10.9 Å². The van der Waals surface area contributed by atoms with E-state index in [9.17, 15) is 30.4 Å². The van der Waals surface area contributed by atoms with Crippen molar-refractivity contribution in [3.63, 3.8) is 0 Å². The Morgan fingerprint density at radius 1 is 1.06 bits per heavy atom. The predicted molar refractivity (Wildman–Crippen MR) is 123 cm³/mol. The van der Waals surface area contributed by atoms with Crippen LogP contribution in [0, 0.1) is 11.6 Å². The summed E-state index contributed by atoms with van der Waals surface area (Å²) in [5.74, 6) is -2.96. The van der Waals surface area contributed by atoms with Gasteiger partial charge in [0, 0.05) is 42.3 Å². The molecule has 0 saturated carbocycles. The summed E-state index contributed by atoms with van der Waals surface area (Å²) in [6, 6.07) is 7.78. The van der Waals surface area contributed by atoms with Crippen LogP contribution in [-0.4, -0.2) is 24.4 Å². The Morgan fingerprint density at radius 3 is 2.43 bits per heavy atom. The van der Waals surface area contributed by atoms with Crippen LogP contribution < -0.4 is 10.6 Å². The van der Waals surface area contributed by atoms with Crippen molar-refractivity contribution in [2.75, 3.05) is 12.4 Å². The molecule has 0 aliphatic rings. The van der Waals surface area contributed by atoms with Gasteiger partial charge in [-0.05, 0) is 42.9 Å². The zero-order valence-electron chi connectivity index (χ0n) is 17.9. The Labute approximate surface area is 203 Å². The summed E-state index contributed by atoms with van der Waals surface area (Å²) in [4.78, 5) is 3.78. The molecule has 0 saturated heterocycles. The average Bonchev–Trinajstić information content (AvgIpc) is 3.15. The van der Waals surface area contributed by atoms with Crippen molar-refractivity contribution in [1.29, 1.82) is 0 Å². The number of nitrogens with zero attached hydrogens (tertiary/aromatic N) is 2. The lowest BCUT2D eigenvalue weighted by atomic mass is 10.1. The highest BCUT2D eigenvalue weighted by Crippen LogP contribution is 2.35. The first-order valence-electron chi connectivity index (χ1n) is 9.80. The molecule has 4 rings (SSSR count). The fraction of sp³-hybridized carbons (Fsp3) is 0.136. The SMILES string of the molecule is CNCc1cn(S(=O)(=O)c2cccnc2)c2cc(Nc3cc(F)c(C(F)(F)F)cc3F)ccc12.Cl. The van der Waals surface area contributed by atoms with Gasteiger partial charge < -0.3 is 10.6 Å². The monoisotopic (exact) mass is 532 g/mol. The molecule has 0 unspecified atom stereocenters. The first kappa shape index (κ1) is 26.4. The van der Waals surface area contributed by atoms with E-state index >= 15 is 0 Å². The van der Waals surface area contributed by atoms with Gasteiger partial charge in [0.25, 0.3) is 10.0 Å². The van der Waals surface area contributed by atoms with Gasteiger partial charge in [-0.25, -0.2) is 21.2 Å². The Hall–Kier alpha value is -3.22. The molecule has 0 atom stereocenters. The van der Waals surface area contributed by atoms with Crippen LogP contribution in [0.15, 0.2) is 66.0 Å². The Kier molecular flexibility index (Phi) is 7.39. The molecule has 0 spiro atoms. The van der Waals surface area contributed by atoms with E-state index in [4.69, 9.17) is 0 Å². The van der Waals surface area contributed by atoms with E-state index < -0.39 is 39.1 Å². The first-order chi connectivity index (χ1) is 16.0. The molecule has 2 aromatic heterocycles. The maximum absolute atomic E-state index is 14.3. The van der Waals surface area contributed by atoms with E-state index in [1.165, 1.54) is 42.9 Å². The number of hydrogen-bond donors (Lipinski definition) is 2. The second-order valence-electron chi connectivity index (χ2n) is 7.34. The smallest absolute Gasteiger partial charge is 0.353 e. The molecule has 0 amide bonds. The fourth-order valence-corrected chi connectivity index (χ4v) is 4.85.